The van der Waals surface area contributed by atoms with Crippen LogP contribution in [-0.4, -0.2) is 36.2 Å². The number of pyridine rings is 2. The Bertz CT molecular complexity index is 1890. The third-order valence-electron chi connectivity index (χ3n) is 7.31. The van der Waals surface area contributed by atoms with E-state index in [1.165, 1.54) is 6.20 Å². The molecule has 3 heterocycles. The van der Waals surface area contributed by atoms with Crippen LogP contribution < -0.4 is 10.6 Å². The van der Waals surface area contributed by atoms with Gasteiger partial charge in [-0.1, -0.05) is 25.8 Å². The number of nitrogens with zero attached hydrogens (tertiary/aromatic N) is 2. The Labute approximate surface area is 239 Å². The van der Waals surface area contributed by atoms with E-state index in [4.69, 9.17) is 0 Å². The number of carbonyl (C=O) groups is 1. The van der Waals surface area contributed by atoms with Crippen molar-refractivity contribution in [1.29, 1.82) is 0 Å². The van der Waals surface area contributed by atoms with Crippen molar-refractivity contribution in [1.82, 2.24) is 9.97 Å². The van der Waals surface area contributed by atoms with Gasteiger partial charge in [0.25, 0.3) is 0 Å². The number of halogens is 4. The van der Waals surface area contributed by atoms with E-state index < -0.39 is 37.9 Å². The standard InChI is InChI=1S/C30H24F4N4O3S/c1-3-29(4-2)22-8-5-18(13-26(22)38-28(29)39)6-9-24-21-15-27(36-16-19(21)11-12-35-24)37-25-10-7-20(14-23(25)31)42(40,41)17-30(32,33)34/h5,7-8,10-16H,3-4,17H2,1-2H3,(H,36,37)(H,38,39). The molecule has 0 saturated carbocycles. The van der Waals surface area contributed by atoms with Gasteiger partial charge in [0, 0.05) is 34.4 Å². The summed E-state index contributed by atoms with van der Waals surface area (Å²) in [7, 11) is -4.76. The third-order valence-corrected chi connectivity index (χ3v) is 8.99. The van der Waals surface area contributed by atoms with Gasteiger partial charge in [-0.2, -0.15) is 13.2 Å². The van der Waals surface area contributed by atoms with Gasteiger partial charge in [-0.05, 0) is 66.8 Å². The summed E-state index contributed by atoms with van der Waals surface area (Å²) in [4.78, 5) is 20.5. The van der Waals surface area contributed by atoms with Crippen molar-refractivity contribution in [2.45, 2.75) is 43.2 Å². The Morgan fingerprint density at radius 1 is 1.00 bits per heavy atom. The first-order valence-corrected chi connectivity index (χ1v) is 14.6. The lowest BCUT2D eigenvalue weighted by molar-refractivity contribution is -0.121. The number of fused-ring (bicyclic) bond motifs is 2. The summed E-state index contributed by atoms with van der Waals surface area (Å²) in [5.74, 6) is 3.11. The summed E-state index contributed by atoms with van der Waals surface area (Å²) in [6.07, 6.45) is -0.501. The molecule has 216 valence electrons. The molecule has 0 fully saturated rings. The highest BCUT2D eigenvalue weighted by Crippen LogP contribution is 2.43. The highest BCUT2D eigenvalue weighted by atomic mass is 32.2. The Morgan fingerprint density at radius 3 is 2.45 bits per heavy atom. The molecule has 4 aromatic rings. The molecule has 2 N–H and O–H groups in total. The average Bonchev–Trinajstić information content (AvgIpc) is 3.21. The second-order valence-electron chi connectivity index (χ2n) is 9.84. The SMILES string of the molecule is CCC1(CC)C(=O)Nc2cc(C#Cc3nccc4cnc(Nc5ccc(S(=O)(=O)CC(F)(F)F)cc5F)cc34)ccc21. The maximum atomic E-state index is 14.7. The number of benzene rings is 2. The van der Waals surface area contributed by atoms with Crippen LogP contribution in [0.4, 0.5) is 34.8 Å². The zero-order valence-electron chi connectivity index (χ0n) is 22.4. The monoisotopic (exact) mass is 596 g/mol. The first-order valence-electron chi connectivity index (χ1n) is 12.9. The maximum absolute atomic E-state index is 14.7. The van der Waals surface area contributed by atoms with Crippen molar-refractivity contribution in [2.24, 2.45) is 0 Å². The van der Waals surface area contributed by atoms with Crippen LogP contribution in [0.15, 0.2) is 65.8 Å². The molecule has 0 aliphatic carbocycles. The fourth-order valence-electron chi connectivity index (χ4n) is 5.05. The lowest BCUT2D eigenvalue weighted by Crippen LogP contribution is -2.32. The van der Waals surface area contributed by atoms with Crippen molar-refractivity contribution in [3.63, 3.8) is 0 Å². The zero-order chi connectivity index (χ0) is 30.3. The van der Waals surface area contributed by atoms with Crippen LogP contribution in [-0.2, 0) is 20.0 Å². The largest absolute Gasteiger partial charge is 0.403 e. The van der Waals surface area contributed by atoms with Gasteiger partial charge in [0.1, 0.15) is 17.3 Å². The highest BCUT2D eigenvalue weighted by Gasteiger charge is 2.43. The number of hydrogen-bond donors (Lipinski definition) is 2. The van der Waals surface area contributed by atoms with E-state index in [1.54, 1.807) is 18.3 Å². The van der Waals surface area contributed by atoms with Crippen molar-refractivity contribution in [3.05, 3.63) is 83.6 Å². The number of anilines is 3. The molecule has 42 heavy (non-hydrogen) atoms. The van der Waals surface area contributed by atoms with Gasteiger partial charge < -0.3 is 10.6 Å². The van der Waals surface area contributed by atoms with E-state index in [9.17, 15) is 30.8 Å². The fourth-order valence-corrected chi connectivity index (χ4v) is 6.21. The number of sulfone groups is 1. The summed E-state index contributed by atoms with van der Waals surface area (Å²) in [5.41, 5.74) is 2.03. The second-order valence-corrected chi connectivity index (χ2v) is 11.8. The van der Waals surface area contributed by atoms with Gasteiger partial charge in [-0.3, -0.25) is 4.79 Å². The minimum absolute atomic E-state index is 0.0233. The van der Waals surface area contributed by atoms with Gasteiger partial charge in [-0.15, -0.1) is 0 Å². The van der Waals surface area contributed by atoms with Gasteiger partial charge in [-0.25, -0.2) is 22.8 Å². The average molecular weight is 597 g/mol. The molecule has 1 aliphatic rings. The smallest absolute Gasteiger partial charge is 0.338 e. The molecule has 0 spiro atoms. The van der Waals surface area contributed by atoms with Crippen LogP contribution in [0.5, 0.6) is 0 Å². The molecular formula is C30H24F4N4O3S. The molecule has 7 nitrogen and oxygen atoms in total. The highest BCUT2D eigenvalue weighted by molar-refractivity contribution is 7.91. The first kappa shape index (κ1) is 29.0. The molecular weight excluding hydrogens is 572 g/mol. The summed E-state index contributed by atoms with van der Waals surface area (Å²) in [6, 6.07) is 11.4. The molecule has 2 aromatic heterocycles. The molecule has 0 radical (unpaired) electrons. The van der Waals surface area contributed by atoms with E-state index in [-0.39, 0.29) is 17.4 Å². The number of nitrogens with one attached hydrogen (secondary N) is 2. The minimum atomic E-state index is -4.96. The Morgan fingerprint density at radius 2 is 1.76 bits per heavy atom. The summed E-state index contributed by atoms with van der Waals surface area (Å²) in [5, 5.41) is 6.98. The van der Waals surface area contributed by atoms with Crippen LogP contribution >= 0.6 is 0 Å². The zero-order valence-corrected chi connectivity index (χ0v) is 23.3. The van der Waals surface area contributed by atoms with E-state index in [0.29, 0.717) is 40.9 Å². The quantitative estimate of drug-likeness (QED) is 0.201. The van der Waals surface area contributed by atoms with Crippen LogP contribution in [0.25, 0.3) is 10.8 Å². The lowest BCUT2D eigenvalue weighted by atomic mass is 9.77. The van der Waals surface area contributed by atoms with Crippen molar-refractivity contribution < 1.29 is 30.8 Å². The van der Waals surface area contributed by atoms with Gasteiger partial charge >= 0.3 is 6.18 Å². The second kappa shape index (κ2) is 10.7. The van der Waals surface area contributed by atoms with Gasteiger partial charge in [0.15, 0.2) is 15.6 Å². The number of aromatic nitrogens is 2. The Hall–Kier alpha value is -4.50. The van der Waals surface area contributed by atoms with Crippen LogP contribution in [0.3, 0.4) is 0 Å². The van der Waals surface area contributed by atoms with E-state index in [1.807, 2.05) is 32.0 Å². The predicted molar refractivity (Wildman–Crippen MR) is 151 cm³/mol. The number of amides is 1. The van der Waals surface area contributed by atoms with E-state index in [0.717, 1.165) is 23.4 Å². The first-order chi connectivity index (χ1) is 19.8. The molecule has 1 amide bonds. The Balaban J connectivity index is 1.42. The normalized spacial score (nSPS) is 14.2. The molecule has 0 saturated heterocycles. The van der Waals surface area contributed by atoms with Crippen molar-refractivity contribution in [2.75, 3.05) is 16.4 Å². The molecule has 0 atom stereocenters. The van der Waals surface area contributed by atoms with Crippen molar-refractivity contribution >= 4 is 43.7 Å². The fraction of sp³-hybridized carbons (Fsp3) is 0.233. The molecule has 2 aromatic carbocycles. The van der Waals surface area contributed by atoms with E-state index in [2.05, 4.69) is 32.4 Å². The molecule has 0 bridgehead atoms. The van der Waals surface area contributed by atoms with Crippen LogP contribution in [0.2, 0.25) is 0 Å². The maximum Gasteiger partial charge on any atom is 0.403 e. The van der Waals surface area contributed by atoms with Crippen LogP contribution in [0.1, 0.15) is 43.5 Å². The number of rotatable bonds is 6. The number of hydrogen-bond acceptors (Lipinski definition) is 6. The van der Waals surface area contributed by atoms with Gasteiger partial charge in [0.2, 0.25) is 5.91 Å². The third kappa shape index (κ3) is 5.52. The summed E-state index contributed by atoms with van der Waals surface area (Å²) < 4.78 is 76.5. The number of alkyl halides is 3. The molecule has 1 aliphatic heterocycles. The predicted octanol–water partition coefficient (Wildman–Crippen LogP) is 6.26. The summed E-state index contributed by atoms with van der Waals surface area (Å²) >= 11 is 0. The Kier molecular flexibility index (Phi) is 7.41. The molecule has 5 rings (SSSR count). The van der Waals surface area contributed by atoms with Crippen LogP contribution in [0, 0.1) is 17.7 Å². The van der Waals surface area contributed by atoms with Gasteiger partial charge in [0.05, 0.1) is 16.0 Å². The van der Waals surface area contributed by atoms with E-state index >= 15 is 0 Å². The summed E-state index contributed by atoms with van der Waals surface area (Å²) in [6.45, 7) is 3.98. The number of carbonyl (C=O) groups excluding carboxylic acids is 1. The topological polar surface area (TPSA) is 101 Å². The molecule has 0 unspecified atom stereocenters. The van der Waals surface area contributed by atoms with Crippen molar-refractivity contribution in [3.8, 4) is 11.8 Å². The minimum Gasteiger partial charge on any atom is -0.338 e. The lowest BCUT2D eigenvalue weighted by Gasteiger charge is -2.23. The molecule has 12 heteroatoms.